The van der Waals surface area contributed by atoms with Crippen molar-refractivity contribution < 1.29 is 44.8 Å². The van der Waals surface area contributed by atoms with Gasteiger partial charge in [0.1, 0.15) is 0 Å². The van der Waals surface area contributed by atoms with Crippen molar-refractivity contribution in [1.29, 1.82) is 0 Å². The average molecular weight is 462 g/mol. The molecular weight excluding hydrogens is 419 g/mol. The van der Waals surface area contributed by atoms with Crippen LogP contribution >= 0.6 is 0 Å². The maximum atomic E-state index is 10.6. The zero-order valence-corrected chi connectivity index (χ0v) is 19.9. The molecule has 2 atom stereocenters. The number of likely N-dealkylation sites (tertiary alicyclic amines) is 2. The summed E-state index contributed by atoms with van der Waals surface area (Å²) in [6.45, 7) is 7.16. The van der Waals surface area contributed by atoms with Crippen molar-refractivity contribution in [3.63, 3.8) is 0 Å². The molecule has 0 radical (unpaired) electrons. The lowest BCUT2D eigenvalue weighted by molar-refractivity contribution is -0.900. The first-order valence-electron chi connectivity index (χ1n) is 11.9. The van der Waals surface area contributed by atoms with Crippen LogP contribution in [0.3, 0.4) is 0 Å². The molecule has 4 N–H and O–H groups in total. The minimum Gasteiger partial charge on any atom is -1.00 e. The third kappa shape index (κ3) is 9.42. The molecule has 2 aliphatic heterocycles. The van der Waals surface area contributed by atoms with E-state index in [0.717, 1.165) is 37.1 Å². The average Bonchev–Trinajstić information content (AvgIpc) is 3.15. The number of aliphatic hydroxyl groups excluding tert-OH is 2. The van der Waals surface area contributed by atoms with Crippen LogP contribution < -0.4 is 34.6 Å². The zero-order valence-electron chi connectivity index (χ0n) is 18.4. The quantitative estimate of drug-likeness (QED) is 0.316. The molecule has 1 aromatic rings. The predicted octanol–water partition coefficient (Wildman–Crippen LogP) is -4.54. The second-order valence-electron chi connectivity index (χ2n) is 9.10. The van der Waals surface area contributed by atoms with Crippen LogP contribution in [0.4, 0.5) is 0 Å². The summed E-state index contributed by atoms with van der Waals surface area (Å²) in [4.78, 5) is 3.30. The van der Waals surface area contributed by atoms with Crippen molar-refractivity contribution >= 4 is 0 Å². The SMILES string of the molecule is OC(CC[NH+]1CCCCCC1)c1ccc(C(O)CC[NH+]2CCCCCC2)cc1.[Cl-].[Cl-]. The lowest BCUT2D eigenvalue weighted by atomic mass is 10.0. The Morgan fingerprint density at radius 2 is 0.867 bits per heavy atom. The summed E-state index contributed by atoms with van der Waals surface area (Å²) in [7, 11) is 0. The zero-order chi connectivity index (χ0) is 19.6. The number of aliphatic hydroxyl groups is 2. The number of hydrogen-bond acceptors (Lipinski definition) is 2. The number of benzene rings is 1. The van der Waals surface area contributed by atoms with Gasteiger partial charge in [-0.15, -0.1) is 0 Å². The van der Waals surface area contributed by atoms with Crippen LogP contribution in [-0.2, 0) is 0 Å². The molecule has 0 aromatic heterocycles. The molecule has 2 aliphatic rings. The van der Waals surface area contributed by atoms with E-state index in [4.69, 9.17) is 0 Å². The third-order valence-electron chi connectivity index (χ3n) is 6.87. The van der Waals surface area contributed by atoms with Crippen molar-refractivity contribution in [2.45, 2.75) is 76.4 Å². The summed E-state index contributed by atoms with van der Waals surface area (Å²) in [6.07, 6.45) is 11.7. The number of halogens is 2. The Labute approximate surface area is 195 Å². The van der Waals surface area contributed by atoms with Crippen molar-refractivity contribution in [1.82, 2.24) is 0 Å². The Morgan fingerprint density at radius 3 is 1.17 bits per heavy atom. The summed E-state index contributed by atoms with van der Waals surface area (Å²) in [6, 6.07) is 8.05. The maximum absolute atomic E-state index is 10.6. The molecule has 2 unspecified atom stereocenters. The van der Waals surface area contributed by atoms with Gasteiger partial charge >= 0.3 is 0 Å². The molecule has 2 fully saturated rings. The molecule has 2 saturated heterocycles. The molecule has 0 spiro atoms. The fraction of sp³-hybridized carbons (Fsp3) is 0.750. The first kappa shape index (κ1) is 27.7. The van der Waals surface area contributed by atoms with Crippen LogP contribution in [0.5, 0.6) is 0 Å². The van der Waals surface area contributed by atoms with Gasteiger partial charge in [0.15, 0.2) is 0 Å². The molecule has 0 bridgehead atoms. The topological polar surface area (TPSA) is 49.3 Å². The molecule has 174 valence electrons. The van der Waals surface area contributed by atoms with Gasteiger partial charge in [-0.3, -0.25) is 0 Å². The minimum absolute atomic E-state index is 0. The van der Waals surface area contributed by atoms with Gasteiger partial charge in [0.25, 0.3) is 0 Å². The second-order valence-corrected chi connectivity index (χ2v) is 9.10. The third-order valence-corrected chi connectivity index (χ3v) is 6.87. The summed E-state index contributed by atoms with van der Waals surface area (Å²) in [5.41, 5.74) is 1.98. The predicted molar refractivity (Wildman–Crippen MR) is 114 cm³/mol. The summed E-state index contributed by atoms with van der Waals surface area (Å²) >= 11 is 0. The maximum Gasteiger partial charge on any atom is 0.0843 e. The highest BCUT2D eigenvalue weighted by Gasteiger charge is 2.18. The summed E-state index contributed by atoms with van der Waals surface area (Å²) in [5, 5.41) is 21.1. The molecule has 1 aromatic carbocycles. The Balaban J connectivity index is 0.00000225. The normalized spacial score (nSPS) is 20.9. The van der Waals surface area contributed by atoms with E-state index in [1.807, 2.05) is 24.3 Å². The largest absolute Gasteiger partial charge is 1.00 e. The fourth-order valence-corrected chi connectivity index (χ4v) is 4.91. The van der Waals surface area contributed by atoms with E-state index in [2.05, 4.69) is 0 Å². The summed E-state index contributed by atoms with van der Waals surface area (Å²) in [5.74, 6) is 0. The van der Waals surface area contributed by atoms with Crippen molar-refractivity contribution in [3.05, 3.63) is 35.4 Å². The van der Waals surface area contributed by atoms with Gasteiger partial charge < -0.3 is 44.8 Å². The highest BCUT2D eigenvalue weighted by atomic mass is 35.5. The number of nitrogens with one attached hydrogen (secondary N) is 2. The molecule has 4 nitrogen and oxygen atoms in total. The molecule has 3 rings (SSSR count). The molecule has 0 amide bonds. The smallest absolute Gasteiger partial charge is 0.0843 e. The van der Waals surface area contributed by atoms with E-state index in [1.165, 1.54) is 77.5 Å². The van der Waals surface area contributed by atoms with Crippen LogP contribution in [-0.4, -0.2) is 49.5 Å². The first-order chi connectivity index (χ1) is 13.7. The van der Waals surface area contributed by atoms with Gasteiger partial charge in [-0.2, -0.15) is 0 Å². The van der Waals surface area contributed by atoms with Crippen molar-refractivity contribution in [2.75, 3.05) is 39.3 Å². The van der Waals surface area contributed by atoms with Gasteiger partial charge in [-0.1, -0.05) is 24.3 Å². The molecule has 30 heavy (non-hydrogen) atoms. The lowest BCUT2D eigenvalue weighted by Gasteiger charge is -2.20. The molecular formula is C24H42Cl2N2O2. The second kappa shape index (κ2) is 15.4. The Hall–Kier alpha value is -0.360. The summed E-state index contributed by atoms with van der Waals surface area (Å²) < 4.78 is 0. The van der Waals surface area contributed by atoms with Crippen LogP contribution in [0.25, 0.3) is 0 Å². The van der Waals surface area contributed by atoms with Crippen LogP contribution in [0.15, 0.2) is 24.3 Å². The molecule has 2 heterocycles. The van der Waals surface area contributed by atoms with E-state index in [1.54, 1.807) is 9.80 Å². The van der Waals surface area contributed by atoms with Crippen LogP contribution in [0, 0.1) is 0 Å². The molecule has 6 heteroatoms. The van der Waals surface area contributed by atoms with E-state index in [-0.39, 0.29) is 37.0 Å². The van der Waals surface area contributed by atoms with Gasteiger partial charge in [0.05, 0.1) is 51.5 Å². The number of hydrogen-bond donors (Lipinski definition) is 4. The highest BCUT2D eigenvalue weighted by Crippen LogP contribution is 2.21. The van der Waals surface area contributed by atoms with Crippen molar-refractivity contribution in [2.24, 2.45) is 0 Å². The Bertz CT molecular complexity index is 494. The van der Waals surface area contributed by atoms with Gasteiger partial charge in [0.2, 0.25) is 0 Å². The Kier molecular flexibility index (Phi) is 14.2. The van der Waals surface area contributed by atoms with Gasteiger partial charge in [-0.25, -0.2) is 0 Å². The monoisotopic (exact) mass is 460 g/mol. The standard InChI is InChI=1S/C24H40N2O2.2ClH/c27-23(13-19-25-15-5-1-2-6-16-25)21-9-11-22(12-10-21)24(28)14-20-26-17-7-3-4-8-18-26;;/h9-12,23-24,27-28H,1-8,13-20H2;2*1H. The van der Waals surface area contributed by atoms with E-state index in [9.17, 15) is 10.2 Å². The fourth-order valence-electron chi connectivity index (χ4n) is 4.91. The minimum atomic E-state index is -0.386. The lowest BCUT2D eigenvalue weighted by Crippen LogP contribution is -3.11. The van der Waals surface area contributed by atoms with Crippen LogP contribution in [0.1, 0.15) is 87.5 Å². The van der Waals surface area contributed by atoms with Crippen molar-refractivity contribution in [3.8, 4) is 0 Å². The van der Waals surface area contributed by atoms with Crippen LogP contribution in [0.2, 0.25) is 0 Å². The van der Waals surface area contributed by atoms with E-state index in [0.29, 0.717) is 0 Å². The number of rotatable bonds is 8. The van der Waals surface area contributed by atoms with Gasteiger partial charge in [-0.05, 0) is 62.5 Å². The molecule has 0 saturated carbocycles. The van der Waals surface area contributed by atoms with Gasteiger partial charge in [0, 0.05) is 12.8 Å². The van der Waals surface area contributed by atoms with E-state index < -0.39 is 0 Å². The number of quaternary nitrogens is 2. The highest BCUT2D eigenvalue weighted by molar-refractivity contribution is 5.25. The molecule has 0 aliphatic carbocycles. The Morgan fingerprint density at radius 1 is 0.567 bits per heavy atom. The van der Waals surface area contributed by atoms with E-state index >= 15 is 0 Å². The first-order valence-corrected chi connectivity index (χ1v) is 11.9.